The van der Waals surface area contributed by atoms with Gasteiger partial charge in [-0.05, 0) is 12.1 Å². The predicted octanol–water partition coefficient (Wildman–Crippen LogP) is 3.77. The Morgan fingerprint density at radius 1 is 1.33 bits per heavy atom. The highest BCUT2D eigenvalue weighted by Crippen LogP contribution is 2.25. The number of thiazole rings is 1. The lowest BCUT2D eigenvalue weighted by atomic mass is 10.2. The normalized spacial score (nSPS) is 10.5. The molecule has 0 unspecified atom stereocenters. The molecule has 0 spiro atoms. The highest BCUT2D eigenvalue weighted by atomic mass is 35.5. The van der Waals surface area contributed by atoms with Crippen molar-refractivity contribution in [2.75, 3.05) is 0 Å². The van der Waals surface area contributed by atoms with E-state index in [-0.39, 0.29) is 0 Å². The Labute approximate surface area is 97.5 Å². The van der Waals surface area contributed by atoms with Crippen LogP contribution in [0.2, 0.25) is 5.02 Å². The topological polar surface area (TPSA) is 22.1 Å². The van der Waals surface area contributed by atoms with Crippen LogP contribution in [0.5, 0.6) is 0 Å². The lowest BCUT2D eigenvalue weighted by molar-refractivity contribution is 0.225. The van der Waals surface area contributed by atoms with Gasteiger partial charge in [-0.1, -0.05) is 23.7 Å². The van der Waals surface area contributed by atoms with Crippen molar-refractivity contribution in [1.82, 2.24) is 4.98 Å². The second-order valence-electron chi connectivity index (χ2n) is 3.00. The molecule has 15 heavy (non-hydrogen) atoms. The summed E-state index contributed by atoms with van der Waals surface area (Å²) in [5.74, 6) is 0. The molecular weight excluding hydrogens is 230 g/mol. The first-order valence-electron chi connectivity index (χ1n) is 4.37. The SMILES string of the molecule is [CH2]OCc1csc(-c2ccc(Cl)cc2)n1. The van der Waals surface area contributed by atoms with Crippen molar-refractivity contribution in [1.29, 1.82) is 0 Å². The fourth-order valence-electron chi connectivity index (χ4n) is 1.20. The smallest absolute Gasteiger partial charge is 0.123 e. The third-order valence-electron chi connectivity index (χ3n) is 1.89. The minimum atomic E-state index is 0.449. The highest BCUT2D eigenvalue weighted by molar-refractivity contribution is 7.13. The van der Waals surface area contributed by atoms with E-state index in [2.05, 4.69) is 12.1 Å². The zero-order valence-corrected chi connectivity index (χ0v) is 9.52. The molecule has 1 heterocycles. The Hall–Kier alpha value is -0.900. The molecule has 0 saturated heterocycles. The third kappa shape index (κ3) is 2.56. The molecule has 0 aliphatic carbocycles. The van der Waals surface area contributed by atoms with E-state index in [1.54, 1.807) is 11.3 Å². The summed E-state index contributed by atoms with van der Waals surface area (Å²) >= 11 is 7.40. The van der Waals surface area contributed by atoms with E-state index in [0.717, 1.165) is 21.3 Å². The Bertz CT molecular complexity index is 438. The average molecular weight is 239 g/mol. The number of benzene rings is 1. The van der Waals surface area contributed by atoms with Gasteiger partial charge in [0.05, 0.1) is 19.4 Å². The van der Waals surface area contributed by atoms with Crippen LogP contribution >= 0.6 is 22.9 Å². The summed E-state index contributed by atoms with van der Waals surface area (Å²) in [6.45, 7) is 0.449. The zero-order chi connectivity index (χ0) is 10.7. The lowest BCUT2D eigenvalue weighted by Crippen LogP contribution is -1.85. The van der Waals surface area contributed by atoms with Gasteiger partial charge in [-0.25, -0.2) is 4.98 Å². The maximum absolute atomic E-state index is 5.81. The van der Waals surface area contributed by atoms with E-state index in [0.29, 0.717) is 6.61 Å². The quantitative estimate of drug-likeness (QED) is 0.812. The molecule has 4 heteroatoms. The number of nitrogens with zero attached hydrogens (tertiary/aromatic N) is 1. The van der Waals surface area contributed by atoms with Gasteiger partial charge < -0.3 is 4.74 Å². The molecule has 2 aromatic rings. The molecule has 0 atom stereocenters. The summed E-state index contributed by atoms with van der Waals surface area (Å²) in [7, 11) is 3.32. The summed E-state index contributed by atoms with van der Waals surface area (Å²) < 4.78 is 4.77. The van der Waals surface area contributed by atoms with Crippen LogP contribution in [0.1, 0.15) is 5.69 Å². The van der Waals surface area contributed by atoms with Crippen molar-refractivity contribution in [3.8, 4) is 10.6 Å². The standard InChI is InChI=1S/C11H9ClNOS/c1-14-6-10-7-15-11(13-10)8-2-4-9(12)5-3-8/h2-5,7H,1,6H2. The molecule has 0 amide bonds. The molecule has 1 aromatic carbocycles. The third-order valence-corrected chi connectivity index (χ3v) is 3.09. The zero-order valence-electron chi connectivity index (χ0n) is 7.94. The molecule has 0 N–H and O–H groups in total. The summed E-state index contributed by atoms with van der Waals surface area (Å²) in [6.07, 6.45) is 0. The molecule has 1 aromatic heterocycles. The molecule has 0 saturated carbocycles. The van der Waals surface area contributed by atoms with Gasteiger partial charge >= 0.3 is 0 Å². The number of hydrogen-bond donors (Lipinski definition) is 0. The minimum Gasteiger partial charge on any atom is -0.373 e. The van der Waals surface area contributed by atoms with E-state index < -0.39 is 0 Å². The second-order valence-corrected chi connectivity index (χ2v) is 4.29. The number of hydrogen-bond acceptors (Lipinski definition) is 3. The first kappa shape index (κ1) is 10.6. The van der Waals surface area contributed by atoms with Crippen molar-refractivity contribution in [2.45, 2.75) is 6.61 Å². The van der Waals surface area contributed by atoms with E-state index in [1.165, 1.54) is 0 Å². The van der Waals surface area contributed by atoms with Gasteiger partial charge in [-0.3, -0.25) is 0 Å². The summed E-state index contributed by atoms with van der Waals surface area (Å²) in [5, 5.41) is 3.67. The molecule has 2 rings (SSSR count). The lowest BCUT2D eigenvalue weighted by Gasteiger charge is -1.95. The van der Waals surface area contributed by atoms with Crippen LogP contribution in [0.4, 0.5) is 0 Å². The van der Waals surface area contributed by atoms with Crippen molar-refractivity contribution >= 4 is 22.9 Å². The van der Waals surface area contributed by atoms with Crippen LogP contribution in [0.25, 0.3) is 10.6 Å². The van der Waals surface area contributed by atoms with Crippen LogP contribution in [0.3, 0.4) is 0 Å². The Balaban J connectivity index is 2.25. The maximum atomic E-state index is 5.81. The van der Waals surface area contributed by atoms with Gasteiger partial charge in [0.15, 0.2) is 0 Å². The fourth-order valence-corrected chi connectivity index (χ4v) is 2.14. The van der Waals surface area contributed by atoms with Gasteiger partial charge in [0.25, 0.3) is 0 Å². The molecule has 0 fully saturated rings. The number of halogens is 1. The molecule has 0 bridgehead atoms. The largest absolute Gasteiger partial charge is 0.373 e. The Morgan fingerprint density at radius 2 is 2.07 bits per heavy atom. The predicted molar refractivity (Wildman–Crippen MR) is 62.7 cm³/mol. The van der Waals surface area contributed by atoms with E-state index in [4.69, 9.17) is 16.3 Å². The summed E-state index contributed by atoms with van der Waals surface area (Å²) in [6, 6.07) is 7.62. The highest BCUT2D eigenvalue weighted by Gasteiger charge is 2.03. The summed E-state index contributed by atoms with van der Waals surface area (Å²) in [5.41, 5.74) is 1.97. The van der Waals surface area contributed by atoms with Crippen LogP contribution in [-0.2, 0) is 11.3 Å². The number of aromatic nitrogens is 1. The first-order chi connectivity index (χ1) is 7.29. The van der Waals surface area contributed by atoms with Crippen LogP contribution in [0, 0.1) is 7.11 Å². The Kier molecular flexibility index (Phi) is 3.36. The van der Waals surface area contributed by atoms with Crippen LogP contribution in [0.15, 0.2) is 29.6 Å². The second kappa shape index (κ2) is 4.75. The molecule has 0 aliphatic heterocycles. The summed E-state index contributed by atoms with van der Waals surface area (Å²) in [4.78, 5) is 4.41. The molecule has 1 radical (unpaired) electrons. The van der Waals surface area contributed by atoms with E-state index in [9.17, 15) is 0 Å². The average Bonchev–Trinajstić information content (AvgIpc) is 2.68. The minimum absolute atomic E-state index is 0.449. The molecule has 77 valence electrons. The van der Waals surface area contributed by atoms with Gasteiger partial charge in [-0.15, -0.1) is 11.3 Å². The van der Waals surface area contributed by atoms with E-state index >= 15 is 0 Å². The van der Waals surface area contributed by atoms with Crippen molar-refractivity contribution in [3.05, 3.63) is 47.5 Å². The van der Waals surface area contributed by atoms with Crippen LogP contribution < -0.4 is 0 Å². The van der Waals surface area contributed by atoms with Gasteiger partial charge in [-0.2, -0.15) is 0 Å². The van der Waals surface area contributed by atoms with Crippen LogP contribution in [-0.4, -0.2) is 4.98 Å². The molecule has 0 aliphatic rings. The van der Waals surface area contributed by atoms with Crippen molar-refractivity contribution in [3.63, 3.8) is 0 Å². The monoisotopic (exact) mass is 238 g/mol. The van der Waals surface area contributed by atoms with Crippen molar-refractivity contribution in [2.24, 2.45) is 0 Å². The molecule has 2 nitrogen and oxygen atoms in total. The number of ether oxygens (including phenoxy) is 1. The maximum Gasteiger partial charge on any atom is 0.123 e. The van der Waals surface area contributed by atoms with Gasteiger partial charge in [0.1, 0.15) is 5.01 Å². The van der Waals surface area contributed by atoms with Gasteiger partial charge in [0, 0.05) is 16.0 Å². The van der Waals surface area contributed by atoms with Gasteiger partial charge in [0.2, 0.25) is 0 Å². The first-order valence-corrected chi connectivity index (χ1v) is 5.62. The van der Waals surface area contributed by atoms with E-state index in [1.807, 2.05) is 29.6 Å². The molecular formula is C11H9ClNOS. The Morgan fingerprint density at radius 3 is 2.73 bits per heavy atom. The number of rotatable bonds is 3. The fraction of sp³-hybridized carbons (Fsp3) is 0.0909. The van der Waals surface area contributed by atoms with Crippen molar-refractivity contribution < 1.29 is 4.74 Å².